The molecule has 2 rings (SSSR count). The summed E-state index contributed by atoms with van der Waals surface area (Å²) in [5, 5.41) is 0. The van der Waals surface area contributed by atoms with Crippen molar-refractivity contribution in [1.82, 2.24) is 4.72 Å². The number of nitrogens with two attached hydrogens (primary N) is 1. The van der Waals surface area contributed by atoms with Gasteiger partial charge >= 0.3 is 0 Å². The average molecular weight is 312 g/mol. The second-order valence-corrected chi connectivity index (χ2v) is 7.17. The van der Waals surface area contributed by atoms with Crippen molar-refractivity contribution in [3.8, 4) is 0 Å². The van der Waals surface area contributed by atoms with Crippen LogP contribution in [0.2, 0.25) is 0 Å². The lowest BCUT2D eigenvalue weighted by atomic mass is 10.0. The first-order chi connectivity index (χ1) is 10.1. The highest BCUT2D eigenvalue weighted by Crippen LogP contribution is 2.19. The van der Waals surface area contributed by atoms with Crippen LogP contribution in [-0.2, 0) is 27.7 Å². The van der Waals surface area contributed by atoms with Crippen molar-refractivity contribution in [3.63, 3.8) is 0 Å². The van der Waals surface area contributed by atoms with Gasteiger partial charge in [-0.1, -0.05) is 19.1 Å². The number of ether oxygens (including phenoxy) is 1. The summed E-state index contributed by atoms with van der Waals surface area (Å²) in [6.07, 6.45) is 2.68. The van der Waals surface area contributed by atoms with Crippen LogP contribution in [0.25, 0.3) is 0 Å². The van der Waals surface area contributed by atoms with E-state index in [1.165, 1.54) is 0 Å². The molecule has 21 heavy (non-hydrogen) atoms. The van der Waals surface area contributed by atoms with Crippen LogP contribution in [0.5, 0.6) is 0 Å². The minimum absolute atomic E-state index is 0.260. The Balaban J connectivity index is 2.14. The van der Waals surface area contributed by atoms with E-state index >= 15 is 0 Å². The molecule has 0 aromatic heterocycles. The predicted molar refractivity (Wildman–Crippen MR) is 82.4 cm³/mol. The van der Waals surface area contributed by atoms with Crippen LogP contribution in [0, 0.1) is 5.92 Å². The van der Waals surface area contributed by atoms with E-state index in [4.69, 9.17) is 10.5 Å². The molecular formula is C15H24N2O3S. The normalized spacial score (nSPS) is 19.6. The van der Waals surface area contributed by atoms with Gasteiger partial charge < -0.3 is 10.5 Å². The van der Waals surface area contributed by atoms with Crippen molar-refractivity contribution in [2.24, 2.45) is 11.7 Å². The molecule has 1 heterocycles. The summed E-state index contributed by atoms with van der Waals surface area (Å²) in [5.41, 5.74) is 7.26. The molecule has 1 aliphatic heterocycles. The molecule has 1 aromatic carbocycles. The van der Waals surface area contributed by atoms with Gasteiger partial charge in [-0.3, -0.25) is 0 Å². The Morgan fingerprint density at radius 2 is 2.24 bits per heavy atom. The largest absolute Gasteiger partial charge is 0.381 e. The molecule has 1 saturated heterocycles. The Kier molecular flexibility index (Phi) is 5.75. The van der Waals surface area contributed by atoms with Crippen molar-refractivity contribution in [1.29, 1.82) is 0 Å². The Morgan fingerprint density at radius 3 is 2.86 bits per heavy atom. The maximum absolute atomic E-state index is 12.5. The molecule has 1 unspecified atom stereocenters. The second kappa shape index (κ2) is 7.35. The highest BCUT2D eigenvalue weighted by atomic mass is 32.2. The Bertz CT molecular complexity index is 566. The van der Waals surface area contributed by atoms with Crippen LogP contribution in [0.3, 0.4) is 0 Å². The number of hydrogen-bond acceptors (Lipinski definition) is 4. The van der Waals surface area contributed by atoms with Crippen LogP contribution in [-0.4, -0.2) is 28.2 Å². The number of aryl methyl sites for hydroxylation is 1. The van der Waals surface area contributed by atoms with Crippen LogP contribution in [0.15, 0.2) is 23.1 Å². The molecule has 0 bridgehead atoms. The standard InChI is InChI=1S/C15H24N2O3S/c1-2-14-6-5-12(9-16)8-15(14)21(18,19)17-10-13-4-3-7-20-11-13/h5-6,8,13,17H,2-4,7,9-11,16H2,1H3. The van der Waals surface area contributed by atoms with Gasteiger partial charge in [0.1, 0.15) is 0 Å². The van der Waals surface area contributed by atoms with E-state index in [0.717, 1.165) is 30.6 Å². The fourth-order valence-electron chi connectivity index (χ4n) is 2.54. The zero-order chi connectivity index (χ0) is 15.3. The third-order valence-electron chi connectivity index (χ3n) is 3.85. The first kappa shape index (κ1) is 16.4. The quantitative estimate of drug-likeness (QED) is 0.832. The van der Waals surface area contributed by atoms with E-state index in [9.17, 15) is 8.42 Å². The fraction of sp³-hybridized carbons (Fsp3) is 0.600. The molecule has 1 fully saturated rings. The van der Waals surface area contributed by atoms with Crippen molar-refractivity contribution in [2.75, 3.05) is 19.8 Å². The Morgan fingerprint density at radius 1 is 1.43 bits per heavy atom. The summed E-state index contributed by atoms with van der Waals surface area (Å²) in [6, 6.07) is 5.41. The molecule has 5 nitrogen and oxygen atoms in total. The van der Waals surface area contributed by atoms with E-state index < -0.39 is 10.0 Å². The summed E-state index contributed by atoms with van der Waals surface area (Å²) in [6.45, 7) is 4.13. The molecule has 1 aromatic rings. The molecule has 0 radical (unpaired) electrons. The molecular weight excluding hydrogens is 288 g/mol. The van der Waals surface area contributed by atoms with Crippen LogP contribution in [0.1, 0.15) is 30.9 Å². The summed E-state index contributed by atoms with van der Waals surface area (Å²) < 4.78 is 33.2. The highest BCUT2D eigenvalue weighted by molar-refractivity contribution is 7.89. The Labute approximate surface area is 126 Å². The maximum atomic E-state index is 12.5. The van der Waals surface area contributed by atoms with E-state index in [1.807, 2.05) is 19.1 Å². The summed E-state index contributed by atoms with van der Waals surface area (Å²) >= 11 is 0. The number of benzene rings is 1. The smallest absolute Gasteiger partial charge is 0.240 e. The molecule has 0 aliphatic carbocycles. The molecule has 118 valence electrons. The molecule has 0 saturated carbocycles. The van der Waals surface area contributed by atoms with Gasteiger partial charge in [0.05, 0.1) is 11.5 Å². The van der Waals surface area contributed by atoms with E-state index in [2.05, 4.69) is 4.72 Å². The van der Waals surface area contributed by atoms with E-state index in [0.29, 0.717) is 31.0 Å². The van der Waals surface area contributed by atoms with Crippen LogP contribution >= 0.6 is 0 Å². The first-order valence-electron chi connectivity index (χ1n) is 7.46. The Hall–Kier alpha value is -0.950. The molecule has 3 N–H and O–H groups in total. The predicted octanol–water partition coefficient (Wildman–Crippen LogP) is 1.41. The van der Waals surface area contributed by atoms with Crippen molar-refractivity contribution >= 4 is 10.0 Å². The van der Waals surface area contributed by atoms with Gasteiger partial charge in [-0.15, -0.1) is 0 Å². The first-order valence-corrected chi connectivity index (χ1v) is 8.94. The average Bonchev–Trinajstić information content (AvgIpc) is 2.53. The zero-order valence-corrected chi connectivity index (χ0v) is 13.3. The molecule has 1 aliphatic rings. The maximum Gasteiger partial charge on any atom is 0.240 e. The monoisotopic (exact) mass is 312 g/mol. The lowest BCUT2D eigenvalue weighted by Crippen LogP contribution is -2.33. The molecule has 0 amide bonds. The third kappa shape index (κ3) is 4.26. The molecule has 1 atom stereocenters. The van der Waals surface area contributed by atoms with Gasteiger partial charge in [-0.05, 0) is 42.4 Å². The van der Waals surface area contributed by atoms with Gasteiger partial charge in [0.2, 0.25) is 10.0 Å². The number of sulfonamides is 1. The lowest BCUT2D eigenvalue weighted by molar-refractivity contribution is 0.0568. The number of nitrogens with one attached hydrogen (secondary N) is 1. The SMILES string of the molecule is CCc1ccc(CN)cc1S(=O)(=O)NCC1CCCOC1. The minimum Gasteiger partial charge on any atom is -0.381 e. The highest BCUT2D eigenvalue weighted by Gasteiger charge is 2.21. The summed E-state index contributed by atoms with van der Waals surface area (Å²) in [5.74, 6) is 0.260. The van der Waals surface area contributed by atoms with Gasteiger partial charge in [-0.25, -0.2) is 13.1 Å². The fourth-order valence-corrected chi connectivity index (χ4v) is 4.02. The van der Waals surface area contributed by atoms with Gasteiger partial charge in [0.25, 0.3) is 0 Å². The summed E-state index contributed by atoms with van der Waals surface area (Å²) in [7, 11) is -3.50. The number of hydrogen-bond donors (Lipinski definition) is 2. The summed E-state index contributed by atoms with van der Waals surface area (Å²) in [4.78, 5) is 0.352. The topological polar surface area (TPSA) is 81.4 Å². The van der Waals surface area contributed by atoms with Gasteiger partial charge in [-0.2, -0.15) is 0 Å². The van der Waals surface area contributed by atoms with Crippen LogP contribution < -0.4 is 10.5 Å². The second-order valence-electron chi connectivity index (χ2n) is 5.43. The van der Waals surface area contributed by atoms with Crippen molar-refractivity contribution < 1.29 is 13.2 Å². The molecule has 6 heteroatoms. The van der Waals surface area contributed by atoms with Crippen molar-refractivity contribution in [2.45, 2.75) is 37.6 Å². The van der Waals surface area contributed by atoms with E-state index in [-0.39, 0.29) is 5.92 Å². The molecule has 0 spiro atoms. The van der Waals surface area contributed by atoms with Gasteiger partial charge in [0, 0.05) is 19.7 Å². The van der Waals surface area contributed by atoms with Crippen LogP contribution in [0.4, 0.5) is 0 Å². The lowest BCUT2D eigenvalue weighted by Gasteiger charge is -2.22. The number of rotatable bonds is 6. The van der Waals surface area contributed by atoms with Gasteiger partial charge in [0.15, 0.2) is 0 Å². The van der Waals surface area contributed by atoms with Crippen molar-refractivity contribution in [3.05, 3.63) is 29.3 Å². The minimum atomic E-state index is -3.50. The zero-order valence-electron chi connectivity index (χ0n) is 12.5. The third-order valence-corrected chi connectivity index (χ3v) is 5.36. The van der Waals surface area contributed by atoms with E-state index in [1.54, 1.807) is 6.07 Å².